The van der Waals surface area contributed by atoms with Crippen molar-refractivity contribution in [3.8, 4) is 0 Å². The van der Waals surface area contributed by atoms with Crippen LogP contribution in [0.2, 0.25) is 0 Å². The summed E-state index contributed by atoms with van der Waals surface area (Å²) in [6.07, 6.45) is 3.49. The molecule has 0 spiro atoms. The number of hydrogen-bond acceptors (Lipinski definition) is 4. The maximum Gasteiger partial charge on any atom is 0.329 e. The van der Waals surface area contributed by atoms with Crippen LogP contribution in [0.15, 0.2) is 64.6 Å². The Morgan fingerprint density at radius 1 is 1.04 bits per heavy atom. The summed E-state index contributed by atoms with van der Waals surface area (Å²) in [5.41, 5.74) is 4.00. The lowest BCUT2D eigenvalue weighted by Crippen LogP contribution is -2.39. The highest BCUT2D eigenvalue weighted by Crippen LogP contribution is 2.14. The fraction of sp³-hybridized carbons (Fsp3) is 0.167. The molecule has 0 aliphatic heterocycles. The topological polar surface area (TPSA) is 70.6 Å². The normalized spacial score (nSPS) is 11.9. The second-order valence-corrected chi connectivity index (χ2v) is 5.96. The molecule has 0 saturated heterocycles. The van der Waals surface area contributed by atoms with Crippen molar-refractivity contribution in [1.82, 2.24) is 10.7 Å². The largest absolute Gasteiger partial charge is 0.341 e. The van der Waals surface area contributed by atoms with E-state index in [-0.39, 0.29) is 6.04 Å². The van der Waals surface area contributed by atoms with Crippen molar-refractivity contribution in [2.24, 2.45) is 5.10 Å². The molecule has 24 heavy (non-hydrogen) atoms. The number of thioether (sulfide) groups is 1. The van der Waals surface area contributed by atoms with E-state index in [1.807, 2.05) is 67.8 Å². The van der Waals surface area contributed by atoms with Gasteiger partial charge in [-0.1, -0.05) is 42.5 Å². The minimum atomic E-state index is -0.797. The lowest BCUT2D eigenvalue weighted by molar-refractivity contribution is -0.139. The number of hydrazone groups is 1. The van der Waals surface area contributed by atoms with Gasteiger partial charge in [-0.15, -0.1) is 11.8 Å². The average Bonchev–Trinajstić information content (AvgIpc) is 2.62. The van der Waals surface area contributed by atoms with Gasteiger partial charge in [0.15, 0.2) is 0 Å². The van der Waals surface area contributed by atoms with Gasteiger partial charge >= 0.3 is 11.8 Å². The van der Waals surface area contributed by atoms with Crippen LogP contribution in [0.4, 0.5) is 0 Å². The van der Waals surface area contributed by atoms with Crippen molar-refractivity contribution >= 4 is 29.8 Å². The fourth-order valence-electron chi connectivity index (χ4n) is 1.99. The zero-order valence-electron chi connectivity index (χ0n) is 13.5. The summed E-state index contributed by atoms with van der Waals surface area (Å²) in [5.74, 6) is -1.52. The van der Waals surface area contributed by atoms with E-state index in [0.29, 0.717) is 0 Å². The number of carbonyl (C=O) groups excluding carboxylic acids is 2. The van der Waals surface area contributed by atoms with Gasteiger partial charge in [-0.05, 0) is 36.4 Å². The molecule has 2 N–H and O–H groups in total. The van der Waals surface area contributed by atoms with Crippen LogP contribution in [-0.4, -0.2) is 24.3 Å². The summed E-state index contributed by atoms with van der Waals surface area (Å²) in [6, 6.07) is 16.9. The van der Waals surface area contributed by atoms with Crippen molar-refractivity contribution in [3.63, 3.8) is 0 Å². The Balaban J connectivity index is 1.84. The van der Waals surface area contributed by atoms with Crippen LogP contribution >= 0.6 is 11.8 Å². The second kappa shape index (κ2) is 8.88. The predicted octanol–water partition coefficient (Wildman–Crippen LogP) is 2.74. The van der Waals surface area contributed by atoms with Crippen molar-refractivity contribution in [1.29, 1.82) is 0 Å². The van der Waals surface area contributed by atoms with E-state index in [1.165, 1.54) is 6.21 Å². The molecule has 6 heteroatoms. The molecular formula is C18H19N3O2S. The summed E-state index contributed by atoms with van der Waals surface area (Å²) in [4.78, 5) is 24.8. The number of nitrogens with one attached hydrogen (secondary N) is 2. The number of carbonyl (C=O) groups is 2. The smallest absolute Gasteiger partial charge is 0.329 e. The van der Waals surface area contributed by atoms with Crippen molar-refractivity contribution in [3.05, 3.63) is 65.7 Å². The average molecular weight is 341 g/mol. The number of hydrogen-bond donors (Lipinski definition) is 2. The van der Waals surface area contributed by atoms with Crippen molar-refractivity contribution in [2.75, 3.05) is 6.26 Å². The van der Waals surface area contributed by atoms with E-state index in [0.717, 1.165) is 16.0 Å². The van der Waals surface area contributed by atoms with Gasteiger partial charge in [0.2, 0.25) is 0 Å². The van der Waals surface area contributed by atoms with Gasteiger partial charge in [-0.3, -0.25) is 9.59 Å². The number of rotatable bonds is 5. The highest BCUT2D eigenvalue weighted by Gasteiger charge is 2.16. The number of nitrogens with zero attached hydrogens (tertiary/aromatic N) is 1. The molecule has 124 valence electrons. The molecule has 2 rings (SSSR count). The third-order valence-electron chi connectivity index (χ3n) is 3.35. The van der Waals surface area contributed by atoms with Crippen LogP contribution in [0.5, 0.6) is 0 Å². The van der Waals surface area contributed by atoms with Crippen LogP contribution in [0, 0.1) is 0 Å². The van der Waals surface area contributed by atoms with Crippen molar-refractivity contribution < 1.29 is 9.59 Å². The van der Waals surface area contributed by atoms with Crippen LogP contribution in [0.3, 0.4) is 0 Å². The van der Waals surface area contributed by atoms with Crippen LogP contribution in [0.1, 0.15) is 24.1 Å². The highest BCUT2D eigenvalue weighted by molar-refractivity contribution is 7.98. The first kappa shape index (κ1) is 17.7. The van der Waals surface area contributed by atoms with Gasteiger partial charge in [0.05, 0.1) is 12.3 Å². The van der Waals surface area contributed by atoms with Crippen LogP contribution in [0.25, 0.3) is 0 Å². The Morgan fingerprint density at radius 3 is 2.33 bits per heavy atom. The molecular weight excluding hydrogens is 322 g/mol. The van der Waals surface area contributed by atoms with E-state index in [4.69, 9.17) is 0 Å². The second-order valence-electron chi connectivity index (χ2n) is 5.08. The first-order valence-electron chi connectivity index (χ1n) is 7.43. The molecule has 0 unspecified atom stereocenters. The summed E-state index contributed by atoms with van der Waals surface area (Å²) in [7, 11) is 0. The van der Waals surface area contributed by atoms with Crippen LogP contribution < -0.4 is 10.7 Å². The molecule has 0 aliphatic rings. The lowest BCUT2D eigenvalue weighted by Gasteiger charge is -2.13. The van der Waals surface area contributed by atoms with E-state index in [2.05, 4.69) is 15.8 Å². The van der Waals surface area contributed by atoms with Gasteiger partial charge in [0, 0.05) is 4.90 Å². The zero-order chi connectivity index (χ0) is 17.4. The van der Waals surface area contributed by atoms with Gasteiger partial charge in [-0.2, -0.15) is 5.10 Å². The minimum Gasteiger partial charge on any atom is -0.341 e. The molecule has 1 atom stereocenters. The molecule has 5 nitrogen and oxygen atoms in total. The Hall–Kier alpha value is -2.60. The molecule has 0 saturated carbocycles. The van der Waals surface area contributed by atoms with E-state index < -0.39 is 11.8 Å². The summed E-state index contributed by atoms with van der Waals surface area (Å²) in [5, 5.41) is 6.44. The van der Waals surface area contributed by atoms with Crippen molar-refractivity contribution in [2.45, 2.75) is 17.9 Å². The summed E-state index contributed by atoms with van der Waals surface area (Å²) in [6.45, 7) is 1.82. The Kier molecular flexibility index (Phi) is 6.57. The Morgan fingerprint density at radius 2 is 1.71 bits per heavy atom. The molecule has 2 amide bonds. The van der Waals surface area contributed by atoms with E-state index in [9.17, 15) is 9.59 Å². The first-order valence-corrected chi connectivity index (χ1v) is 8.65. The SMILES string of the molecule is CSc1ccc(/C=N\NC(=O)C(=O)N[C@H](C)c2ccccc2)cc1. The lowest BCUT2D eigenvalue weighted by atomic mass is 10.1. The quantitative estimate of drug-likeness (QED) is 0.380. The molecule has 0 fully saturated rings. The molecule has 2 aromatic carbocycles. The maximum atomic E-state index is 11.9. The molecule has 0 aromatic heterocycles. The molecule has 0 aliphatic carbocycles. The fourth-order valence-corrected chi connectivity index (χ4v) is 2.40. The van der Waals surface area contributed by atoms with E-state index >= 15 is 0 Å². The molecule has 2 aromatic rings. The predicted molar refractivity (Wildman–Crippen MR) is 97.0 cm³/mol. The van der Waals surface area contributed by atoms with Gasteiger partial charge in [-0.25, -0.2) is 5.43 Å². The number of amides is 2. The van der Waals surface area contributed by atoms with Crippen LogP contribution in [-0.2, 0) is 9.59 Å². The standard InChI is InChI=1S/C18H19N3O2S/c1-13(15-6-4-3-5-7-15)20-17(22)18(23)21-19-12-14-8-10-16(24-2)11-9-14/h3-13H,1-2H3,(H,20,22)(H,21,23)/b19-12-/t13-/m1/s1. The van der Waals surface area contributed by atoms with Gasteiger partial charge in [0.1, 0.15) is 0 Å². The molecule has 0 heterocycles. The Labute approximate surface area is 145 Å². The zero-order valence-corrected chi connectivity index (χ0v) is 14.3. The summed E-state index contributed by atoms with van der Waals surface area (Å²) >= 11 is 1.65. The third kappa shape index (κ3) is 5.24. The highest BCUT2D eigenvalue weighted by atomic mass is 32.2. The van der Waals surface area contributed by atoms with Gasteiger partial charge in [0.25, 0.3) is 0 Å². The third-order valence-corrected chi connectivity index (χ3v) is 4.09. The van der Waals surface area contributed by atoms with E-state index in [1.54, 1.807) is 11.8 Å². The molecule has 0 bridgehead atoms. The number of benzene rings is 2. The first-order chi connectivity index (χ1) is 11.6. The minimum absolute atomic E-state index is 0.257. The Bertz CT molecular complexity index is 715. The monoisotopic (exact) mass is 341 g/mol. The molecule has 0 radical (unpaired) electrons. The van der Waals surface area contributed by atoms with Gasteiger partial charge < -0.3 is 5.32 Å². The maximum absolute atomic E-state index is 11.9. The summed E-state index contributed by atoms with van der Waals surface area (Å²) < 4.78 is 0.